The largest absolute Gasteiger partial charge is 0.493 e. The Morgan fingerprint density at radius 2 is 1.76 bits per heavy atom. The first-order valence-corrected chi connectivity index (χ1v) is 9.37. The van der Waals surface area contributed by atoms with Crippen molar-refractivity contribution in [2.24, 2.45) is 0 Å². The van der Waals surface area contributed by atoms with Gasteiger partial charge in [-0.25, -0.2) is 0 Å². The standard InChI is InChI=1S/C22H22N4O3/c1-28-19-9-7-17(13-20(19)29-2)23-22(27)18-8-10-21(25-24-18)26-12-11-15-5-3-4-6-16(15)14-26/h3-10,13H,11-12,14H2,1-2H3,(H,23,27). The van der Waals surface area contributed by atoms with Gasteiger partial charge < -0.3 is 19.7 Å². The lowest BCUT2D eigenvalue weighted by Crippen LogP contribution is -2.31. The maximum atomic E-state index is 12.5. The van der Waals surface area contributed by atoms with Crippen LogP contribution in [0.4, 0.5) is 11.5 Å². The molecule has 1 amide bonds. The lowest BCUT2D eigenvalue weighted by Gasteiger charge is -2.29. The van der Waals surface area contributed by atoms with Crippen molar-refractivity contribution < 1.29 is 14.3 Å². The van der Waals surface area contributed by atoms with Gasteiger partial charge in [0.25, 0.3) is 5.91 Å². The predicted octanol–water partition coefficient (Wildman–Crippen LogP) is 3.31. The van der Waals surface area contributed by atoms with Crippen LogP contribution >= 0.6 is 0 Å². The second kappa shape index (κ2) is 8.18. The Morgan fingerprint density at radius 3 is 2.48 bits per heavy atom. The normalized spacial score (nSPS) is 12.8. The van der Waals surface area contributed by atoms with Gasteiger partial charge in [0, 0.05) is 24.8 Å². The third-order valence-electron chi connectivity index (χ3n) is 4.98. The van der Waals surface area contributed by atoms with Crippen LogP contribution in [0.5, 0.6) is 11.5 Å². The van der Waals surface area contributed by atoms with E-state index in [0.29, 0.717) is 17.2 Å². The van der Waals surface area contributed by atoms with Gasteiger partial charge in [-0.05, 0) is 41.8 Å². The van der Waals surface area contributed by atoms with E-state index in [9.17, 15) is 4.79 Å². The van der Waals surface area contributed by atoms with Crippen molar-refractivity contribution in [2.45, 2.75) is 13.0 Å². The highest BCUT2D eigenvalue weighted by Gasteiger charge is 2.18. The number of hydrogen-bond donors (Lipinski definition) is 1. The Hall–Kier alpha value is -3.61. The van der Waals surface area contributed by atoms with Gasteiger partial charge in [-0.15, -0.1) is 10.2 Å². The van der Waals surface area contributed by atoms with Gasteiger partial charge in [0.15, 0.2) is 23.0 Å². The summed E-state index contributed by atoms with van der Waals surface area (Å²) in [6, 6.07) is 17.1. The van der Waals surface area contributed by atoms with Crippen LogP contribution in [0.3, 0.4) is 0 Å². The van der Waals surface area contributed by atoms with Gasteiger partial charge in [0.2, 0.25) is 0 Å². The monoisotopic (exact) mass is 390 g/mol. The Bertz CT molecular complexity index is 1020. The highest BCUT2D eigenvalue weighted by Crippen LogP contribution is 2.30. The SMILES string of the molecule is COc1ccc(NC(=O)c2ccc(N3CCc4ccccc4C3)nn2)cc1OC. The number of carbonyl (C=O) groups excluding carboxylic acids is 1. The molecule has 0 bridgehead atoms. The molecule has 29 heavy (non-hydrogen) atoms. The molecule has 1 N–H and O–H groups in total. The summed E-state index contributed by atoms with van der Waals surface area (Å²) in [5.74, 6) is 1.57. The Morgan fingerprint density at radius 1 is 0.966 bits per heavy atom. The molecule has 2 heterocycles. The molecule has 0 aliphatic carbocycles. The van der Waals surface area contributed by atoms with Gasteiger partial charge in [-0.3, -0.25) is 4.79 Å². The number of anilines is 2. The zero-order chi connectivity index (χ0) is 20.2. The highest BCUT2D eigenvalue weighted by molar-refractivity contribution is 6.03. The van der Waals surface area contributed by atoms with Crippen molar-refractivity contribution in [1.82, 2.24) is 10.2 Å². The second-order valence-electron chi connectivity index (χ2n) is 6.74. The zero-order valence-corrected chi connectivity index (χ0v) is 16.4. The van der Waals surface area contributed by atoms with Crippen molar-refractivity contribution in [3.8, 4) is 11.5 Å². The first kappa shape index (κ1) is 18.7. The molecule has 0 atom stereocenters. The molecule has 0 saturated carbocycles. The van der Waals surface area contributed by atoms with Gasteiger partial charge >= 0.3 is 0 Å². The molecule has 0 radical (unpaired) electrons. The minimum atomic E-state index is -0.333. The summed E-state index contributed by atoms with van der Waals surface area (Å²) in [5.41, 5.74) is 3.52. The average molecular weight is 390 g/mol. The van der Waals surface area contributed by atoms with Crippen LogP contribution in [-0.2, 0) is 13.0 Å². The number of nitrogens with one attached hydrogen (secondary N) is 1. The van der Waals surface area contributed by atoms with E-state index in [-0.39, 0.29) is 11.6 Å². The average Bonchev–Trinajstić information content (AvgIpc) is 2.78. The lowest BCUT2D eigenvalue weighted by atomic mass is 10.00. The summed E-state index contributed by atoms with van der Waals surface area (Å²) in [4.78, 5) is 14.7. The molecule has 0 spiro atoms. The van der Waals surface area contributed by atoms with Crippen LogP contribution < -0.4 is 19.7 Å². The third kappa shape index (κ3) is 3.99. The molecule has 2 aromatic carbocycles. The Kier molecular flexibility index (Phi) is 5.29. The quantitative estimate of drug-likeness (QED) is 0.720. The van der Waals surface area contributed by atoms with E-state index in [2.05, 4.69) is 44.7 Å². The van der Waals surface area contributed by atoms with E-state index in [1.165, 1.54) is 11.1 Å². The van der Waals surface area contributed by atoms with Gasteiger partial charge in [-0.2, -0.15) is 0 Å². The van der Waals surface area contributed by atoms with Crippen LogP contribution in [0.1, 0.15) is 21.6 Å². The molecular formula is C22H22N4O3. The number of ether oxygens (including phenoxy) is 2. The number of aromatic nitrogens is 2. The van der Waals surface area contributed by atoms with Crippen molar-refractivity contribution >= 4 is 17.4 Å². The minimum Gasteiger partial charge on any atom is -0.493 e. The molecule has 3 aromatic rings. The molecule has 7 nitrogen and oxygen atoms in total. The van der Waals surface area contributed by atoms with Crippen molar-refractivity contribution in [3.63, 3.8) is 0 Å². The molecule has 4 rings (SSSR count). The lowest BCUT2D eigenvalue weighted by molar-refractivity contribution is 0.102. The number of methoxy groups -OCH3 is 2. The third-order valence-corrected chi connectivity index (χ3v) is 4.98. The van der Waals surface area contributed by atoms with Crippen molar-refractivity contribution in [3.05, 3.63) is 71.4 Å². The summed E-state index contributed by atoms with van der Waals surface area (Å²) >= 11 is 0. The topological polar surface area (TPSA) is 76.6 Å². The van der Waals surface area contributed by atoms with E-state index >= 15 is 0 Å². The number of carbonyl (C=O) groups is 1. The fourth-order valence-electron chi connectivity index (χ4n) is 3.42. The van der Waals surface area contributed by atoms with Crippen LogP contribution in [0.15, 0.2) is 54.6 Å². The van der Waals surface area contributed by atoms with Gasteiger partial charge in [0.05, 0.1) is 14.2 Å². The van der Waals surface area contributed by atoms with Crippen LogP contribution in [0, 0.1) is 0 Å². The molecule has 0 fully saturated rings. The van der Waals surface area contributed by atoms with Crippen LogP contribution in [0.2, 0.25) is 0 Å². The summed E-state index contributed by atoms with van der Waals surface area (Å²) in [5, 5.41) is 11.2. The highest BCUT2D eigenvalue weighted by atomic mass is 16.5. The van der Waals surface area contributed by atoms with E-state index in [1.54, 1.807) is 38.5 Å². The number of hydrogen-bond acceptors (Lipinski definition) is 6. The smallest absolute Gasteiger partial charge is 0.276 e. The fourth-order valence-corrected chi connectivity index (χ4v) is 3.42. The number of rotatable bonds is 5. The van der Waals surface area contributed by atoms with Crippen molar-refractivity contribution in [1.29, 1.82) is 0 Å². The van der Waals surface area contributed by atoms with Crippen molar-refractivity contribution in [2.75, 3.05) is 31.0 Å². The predicted molar refractivity (Wildman–Crippen MR) is 111 cm³/mol. The molecule has 148 valence electrons. The molecule has 7 heteroatoms. The first-order chi connectivity index (χ1) is 14.2. The fraction of sp³-hybridized carbons (Fsp3) is 0.227. The number of fused-ring (bicyclic) bond motifs is 1. The maximum absolute atomic E-state index is 12.5. The first-order valence-electron chi connectivity index (χ1n) is 9.37. The summed E-state index contributed by atoms with van der Waals surface area (Å²) < 4.78 is 10.5. The van der Waals surface area contributed by atoms with Gasteiger partial charge in [-0.1, -0.05) is 24.3 Å². The van der Waals surface area contributed by atoms with Crippen LogP contribution in [0.25, 0.3) is 0 Å². The second-order valence-corrected chi connectivity index (χ2v) is 6.74. The molecular weight excluding hydrogens is 368 g/mol. The molecule has 1 aliphatic rings. The van der Waals surface area contributed by atoms with E-state index in [1.807, 2.05) is 6.07 Å². The van der Waals surface area contributed by atoms with Gasteiger partial charge in [0.1, 0.15) is 0 Å². The minimum absolute atomic E-state index is 0.251. The summed E-state index contributed by atoms with van der Waals surface area (Å²) in [6.07, 6.45) is 0.972. The zero-order valence-electron chi connectivity index (χ0n) is 16.4. The van der Waals surface area contributed by atoms with E-state index < -0.39 is 0 Å². The number of nitrogens with zero attached hydrogens (tertiary/aromatic N) is 3. The molecule has 1 aromatic heterocycles. The van der Waals surface area contributed by atoms with E-state index in [4.69, 9.17) is 9.47 Å². The number of benzene rings is 2. The van der Waals surface area contributed by atoms with Crippen LogP contribution in [-0.4, -0.2) is 36.9 Å². The van der Waals surface area contributed by atoms with E-state index in [0.717, 1.165) is 25.3 Å². The molecule has 0 saturated heterocycles. The Labute approximate surface area is 169 Å². The Balaban J connectivity index is 1.45. The molecule has 1 aliphatic heterocycles. The number of amides is 1. The maximum Gasteiger partial charge on any atom is 0.276 e. The molecule has 0 unspecified atom stereocenters. The summed E-state index contributed by atoms with van der Waals surface area (Å²) in [7, 11) is 3.11. The summed E-state index contributed by atoms with van der Waals surface area (Å²) in [6.45, 7) is 1.67.